The smallest absolute Gasteiger partial charge is 0.309 e. The Morgan fingerprint density at radius 1 is 1.62 bits per heavy atom. The van der Waals surface area contributed by atoms with Crippen LogP contribution in [0, 0.1) is 5.92 Å². The van der Waals surface area contributed by atoms with Crippen LogP contribution in [0.5, 0.6) is 0 Å². The summed E-state index contributed by atoms with van der Waals surface area (Å²) in [7, 11) is 0. The van der Waals surface area contributed by atoms with Crippen molar-refractivity contribution in [3.63, 3.8) is 0 Å². The van der Waals surface area contributed by atoms with Crippen LogP contribution in [0.1, 0.15) is 39.5 Å². The van der Waals surface area contributed by atoms with Crippen molar-refractivity contribution < 1.29 is 9.53 Å². The van der Waals surface area contributed by atoms with Crippen molar-refractivity contribution >= 4 is 5.97 Å². The highest BCUT2D eigenvalue weighted by Crippen LogP contribution is 2.24. The SMILES string of the molecule is CC=CCCCC1CC(C)C(=O)O1. The second kappa shape index (κ2) is 5.05. The number of hydrogen-bond acceptors (Lipinski definition) is 2. The molecule has 0 aromatic carbocycles. The fourth-order valence-electron chi connectivity index (χ4n) is 1.63. The normalized spacial score (nSPS) is 28.3. The molecule has 2 heteroatoms. The molecular weight excluding hydrogens is 164 g/mol. The Hall–Kier alpha value is -0.790. The molecule has 0 aliphatic carbocycles. The van der Waals surface area contributed by atoms with E-state index in [1.54, 1.807) is 0 Å². The minimum atomic E-state index is -0.0176. The first kappa shape index (κ1) is 10.3. The highest BCUT2D eigenvalue weighted by molar-refractivity contribution is 5.74. The molecule has 0 aromatic heterocycles. The van der Waals surface area contributed by atoms with Gasteiger partial charge in [0.05, 0.1) is 5.92 Å². The molecule has 1 saturated heterocycles. The van der Waals surface area contributed by atoms with E-state index < -0.39 is 0 Å². The van der Waals surface area contributed by atoms with Gasteiger partial charge in [0.25, 0.3) is 0 Å². The predicted molar refractivity (Wildman–Crippen MR) is 52.3 cm³/mol. The van der Waals surface area contributed by atoms with Crippen molar-refractivity contribution in [1.29, 1.82) is 0 Å². The topological polar surface area (TPSA) is 26.3 Å². The first-order valence-electron chi connectivity index (χ1n) is 5.05. The predicted octanol–water partition coefficient (Wildman–Crippen LogP) is 2.68. The van der Waals surface area contributed by atoms with E-state index in [9.17, 15) is 4.79 Å². The van der Waals surface area contributed by atoms with Gasteiger partial charge in [0, 0.05) is 0 Å². The van der Waals surface area contributed by atoms with Crippen LogP contribution < -0.4 is 0 Å². The molecule has 0 spiro atoms. The van der Waals surface area contributed by atoms with E-state index in [4.69, 9.17) is 4.74 Å². The maximum absolute atomic E-state index is 11.0. The molecule has 1 rings (SSSR count). The number of carbonyl (C=O) groups is 1. The third kappa shape index (κ3) is 3.21. The van der Waals surface area contributed by atoms with Gasteiger partial charge in [0.2, 0.25) is 0 Å². The van der Waals surface area contributed by atoms with Gasteiger partial charge < -0.3 is 4.74 Å². The summed E-state index contributed by atoms with van der Waals surface area (Å²) in [6, 6.07) is 0. The summed E-state index contributed by atoms with van der Waals surface area (Å²) in [5.74, 6) is 0.0998. The summed E-state index contributed by atoms with van der Waals surface area (Å²) >= 11 is 0. The molecule has 2 atom stereocenters. The maximum atomic E-state index is 11.0. The quantitative estimate of drug-likeness (QED) is 0.379. The molecule has 2 nitrogen and oxygen atoms in total. The largest absolute Gasteiger partial charge is 0.462 e. The first-order chi connectivity index (χ1) is 6.24. The average molecular weight is 182 g/mol. The molecule has 1 aliphatic heterocycles. The molecule has 0 radical (unpaired) electrons. The minimum Gasteiger partial charge on any atom is -0.462 e. The molecule has 0 aromatic rings. The standard InChI is InChI=1S/C11H18O2/c1-3-4-5-6-7-10-8-9(2)11(12)13-10/h3-4,9-10H,5-8H2,1-2H3. The van der Waals surface area contributed by atoms with Crippen molar-refractivity contribution in [3.8, 4) is 0 Å². The number of rotatable bonds is 4. The summed E-state index contributed by atoms with van der Waals surface area (Å²) < 4.78 is 5.19. The van der Waals surface area contributed by atoms with Gasteiger partial charge >= 0.3 is 5.97 Å². The van der Waals surface area contributed by atoms with Gasteiger partial charge in [0.1, 0.15) is 6.10 Å². The average Bonchev–Trinajstić information content (AvgIpc) is 2.41. The van der Waals surface area contributed by atoms with Crippen LogP contribution in [0.4, 0.5) is 0 Å². The number of allylic oxidation sites excluding steroid dienone is 2. The van der Waals surface area contributed by atoms with E-state index >= 15 is 0 Å². The fourth-order valence-corrected chi connectivity index (χ4v) is 1.63. The van der Waals surface area contributed by atoms with E-state index in [1.165, 1.54) is 0 Å². The zero-order valence-corrected chi connectivity index (χ0v) is 8.45. The Bertz CT molecular complexity index is 196. The lowest BCUT2D eigenvalue weighted by Gasteiger charge is -2.06. The van der Waals surface area contributed by atoms with Crippen molar-refractivity contribution in [2.45, 2.75) is 45.6 Å². The molecule has 0 amide bonds. The van der Waals surface area contributed by atoms with Crippen molar-refractivity contribution in [2.24, 2.45) is 5.92 Å². The second-order valence-corrected chi connectivity index (χ2v) is 3.70. The lowest BCUT2D eigenvalue weighted by Crippen LogP contribution is -2.06. The van der Waals surface area contributed by atoms with Gasteiger partial charge in [-0.1, -0.05) is 19.1 Å². The Morgan fingerprint density at radius 2 is 2.38 bits per heavy atom. The Kier molecular flexibility index (Phi) is 4.00. The molecule has 1 heterocycles. The lowest BCUT2D eigenvalue weighted by molar-refractivity contribution is -0.144. The molecule has 74 valence electrons. The Morgan fingerprint density at radius 3 is 2.92 bits per heavy atom. The van der Waals surface area contributed by atoms with Gasteiger partial charge in [0.15, 0.2) is 0 Å². The summed E-state index contributed by atoms with van der Waals surface area (Å²) in [5, 5.41) is 0. The van der Waals surface area contributed by atoms with Crippen molar-refractivity contribution in [2.75, 3.05) is 0 Å². The summed E-state index contributed by atoms with van der Waals surface area (Å²) in [6.07, 6.45) is 8.54. The number of hydrogen-bond donors (Lipinski definition) is 0. The van der Waals surface area contributed by atoms with Gasteiger partial charge in [-0.2, -0.15) is 0 Å². The molecule has 1 aliphatic rings. The van der Waals surface area contributed by atoms with Crippen LogP contribution in [0.15, 0.2) is 12.2 Å². The molecule has 2 unspecified atom stereocenters. The van der Waals surface area contributed by atoms with E-state index in [0.29, 0.717) is 0 Å². The monoisotopic (exact) mass is 182 g/mol. The highest BCUT2D eigenvalue weighted by atomic mass is 16.5. The second-order valence-electron chi connectivity index (χ2n) is 3.70. The Balaban J connectivity index is 2.13. The van der Waals surface area contributed by atoms with Crippen LogP contribution in [0.3, 0.4) is 0 Å². The van der Waals surface area contributed by atoms with Crippen LogP contribution >= 0.6 is 0 Å². The fraction of sp³-hybridized carbons (Fsp3) is 0.727. The molecule has 0 N–H and O–H groups in total. The molecule has 13 heavy (non-hydrogen) atoms. The van der Waals surface area contributed by atoms with E-state index in [0.717, 1.165) is 25.7 Å². The number of ether oxygens (including phenoxy) is 1. The summed E-state index contributed by atoms with van der Waals surface area (Å²) in [4.78, 5) is 11.0. The van der Waals surface area contributed by atoms with E-state index in [-0.39, 0.29) is 18.0 Å². The summed E-state index contributed by atoms with van der Waals surface area (Å²) in [6.45, 7) is 3.96. The highest BCUT2D eigenvalue weighted by Gasteiger charge is 2.29. The van der Waals surface area contributed by atoms with Crippen LogP contribution in [-0.2, 0) is 9.53 Å². The first-order valence-corrected chi connectivity index (χ1v) is 5.05. The number of cyclic esters (lactones) is 1. The third-order valence-electron chi connectivity index (χ3n) is 2.43. The van der Waals surface area contributed by atoms with Crippen LogP contribution in [-0.4, -0.2) is 12.1 Å². The number of unbranched alkanes of at least 4 members (excludes halogenated alkanes) is 1. The lowest BCUT2D eigenvalue weighted by atomic mass is 10.0. The zero-order valence-electron chi connectivity index (χ0n) is 8.45. The van der Waals surface area contributed by atoms with E-state index in [2.05, 4.69) is 12.2 Å². The van der Waals surface area contributed by atoms with Gasteiger partial charge in [-0.15, -0.1) is 0 Å². The molecule has 0 saturated carbocycles. The van der Waals surface area contributed by atoms with Gasteiger partial charge in [-0.3, -0.25) is 4.79 Å². The van der Waals surface area contributed by atoms with Crippen molar-refractivity contribution in [1.82, 2.24) is 0 Å². The summed E-state index contributed by atoms with van der Waals surface area (Å²) in [5.41, 5.74) is 0. The zero-order chi connectivity index (χ0) is 9.68. The number of carbonyl (C=O) groups excluding carboxylic acids is 1. The molecule has 0 bridgehead atoms. The van der Waals surface area contributed by atoms with Crippen molar-refractivity contribution in [3.05, 3.63) is 12.2 Å². The van der Waals surface area contributed by atoms with Gasteiger partial charge in [-0.05, 0) is 32.6 Å². The minimum absolute atomic E-state index is 0.0176. The van der Waals surface area contributed by atoms with E-state index in [1.807, 2.05) is 13.8 Å². The molecule has 1 fully saturated rings. The number of esters is 1. The third-order valence-corrected chi connectivity index (χ3v) is 2.43. The maximum Gasteiger partial charge on any atom is 0.309 e. The van der Waals surface area contributed by atoms with Gasteiger partial charge in [-0.25, -0.2) is 0 Å². The van der Waals surface area contributed by atoms with Crippen LogP contribution in [0.25, 0.3) is 0 Å². The Labute approximate surface area is 80.0 Å². The van der Waals surface area contributed by atoms with Crippen LogP contribution in [0.2, 0.25) is 0 Å². The molecular formula is C11H18O2.